The standard InChI is InChI=1S/C12H15NO3/c1-4-11(12(14)16-3)13-9-6-5-7-10(8-9)15-2/h4-8,13H,1-3H3/b11-4-. The van der Waals surface area contributed by atoms with Crippen LogP contribution in [0.2, 0.25) is 0 Å². The molecule has 0 aliphatic heterocycles. The second-order valence-electron chi connectivity index (χ2n) is 3.05. The van der Waals surface area contributed by atoms with E-state index < -0.39 is 5.97 Å². The maximum atomic E-state index is 11.3. The Morgan fingerprint density at radius 3 is 2.69 bits per heavy atom. The Balaban J connectivity index is 2.82. The highest BCUT2D eigenvalue weighted by molar-refractivity contribution is 5.91. The number of hydrogen-bond acceptors (Lipinski definition) is 4. The lowest BCUT2D eigenvalue weighted by Gasteiger charge is -2.09. The molecular formula is C12H15NO3. The van der Waals surface area contributed by atoms with E-state index in [0.717, 1.165) is 11.4 Å². The van der Waals surface area contributed by atoms with Crippen molar-refractivity contribution in [3.63, 3.8) is 0 Å². The van der Waals surface area contributed by atoms with E-state index in [2.05, 4.69) is 10.1 Å². The molecule has 0 saturated heterocycles. The summed E-state index contributed by atoms with van der Waals surface area (Å²) in [5.41, 5.74) is 1.17. The minimum atomic E-state index is -0.398. The summed E-state index contributed by atoms with van der Waals surface area (Å²) < 4.78 is 9.71. The molecule has 0 aromatic heterocycles. The molecule has 4 heteroatoms. The third kappa shape index (κ3) is 3.02. The first-order valence-electron chi connectivity index (χ1n) is 4.87. The topological polar surface area (TPSA) is 47.6 Å². The number of esters is 1. The second kappa shape index (κ2) is 5.80. The number of carbonyl (C=O) groups excluding carboxylic acids is 1. The Labute approximate surface area is 94.9 Å². The highest BCUT2D eigenvalue weighted by Gasteiger charge is 2.08. The normalized spacial score (nSPS) is 10.8. The molecule has 1 rings (SSSR count). The number of carbonyl (C=O) groups is 1. The van der Waals surface area contributed by atoms with E-state index in [-0.39, 0.29) is 0 Å². The SMILES string of the molecule is C/C=C(\Nc1cccc(OC)c1)C(=O)OC. The minimum Gasteiger partial charge on any atom is -0.497 e. The minimum absolute atomic E-state index is 0.398. The number of nitrogens with one attached hydrogen (secondary N) is 1. The molecule has 0 fully saturated rings. The van der Waals surface area contributed by atoms with Gasteiger partial charge in [0.15, 0.2) is 0 Å². The lowest BCUT2D eigenvalue weighted by Crippen LogP contribution is -2.12. The van der Waals surface area contributed by atoms with Crippen molar-refractivity contribution in [2.45, 2.75) is 6.92 Å². The van der Waals surface area contributed by atoms with E-state index in [1.807, 2.05) is 18.2 Å². The van der Waals surface area contributed by atoms with Gasteiger partial charge in [-0.3, -0.25) is 0 Å². The summed E-state index contributed by atoms with van der Waals surface area (Å²) in [6.45, 7) is 1.76. The predicted molar refractivity (Wildman–Crippen MR) is 62.4 cm³/mol. The van der Waals surface area contributed by atoms with Crippen molar-refractivity contribution in [2.75, 3.05) is 19.5 Å². The number of allylic oxidation sites excluding steroid dienone is 1. The van der Waals surface area contributed by atoms with Gasteiger partial charge in [0.2, 0.25) is 0 Å². The van der Waals surface area contributed by atoms with E-state index in [4.69, 9.17) is 4.74 Å². The summed E-state index contributed by atoms with van der Waals surface area (Å²) in [5.74, 6) is 0.329. The molecule has 1 aromatic rings. The van der Waals surface area contributed by atoms with Gasteiger partial charge >= 0.3 is 5.97 Å². The molecule has 0 amide bonds. The first-order chi connectivity index (χ1) is 7.71. The van der Waals surface area contributed by atoms with Gasteiger partial charge in [-0.2, -0.15) is 0 Å². The molecule has 0 saturated carbocycles. The maximum Gasteiger partial charge on any atom is 0.354 e. The van der Waals surface area contributed by atoms with Gasteiger partial charge < -0.3 is 14.8 Å². The largest absolute Gasteiger partial charge is 0.497 e. The third-order valence-corrected chi connectivity index (χ3v) is 2.04. The molecule has 0 aliphatic carbocycles. The number of methoxy groups -OCH3 is 2. The number of rotatable bonds is 4. The van der Waals surface area contributed by atoms with Gasteiger partial charge in [-0.1, -0.05) is 12.1 Å². The van der Waals surface area contributed by atoms with Crippen molar-refractivity contribution in [1.29, 1.82) is 0 Å². The summed E-state index contributed by atoms with van der Waals surface area (Å²) in [7, 11) is 2.94. The van der Waals surface area contributed by atoms with Gasteiger partial charge in [0.25, 0.3) is 0 Å². The Morgan fingerprint density at radius 2 is 2.12 bits per heavy atom. The van der Waals surface area contributed by atoms with E-state index in [0.29, 0.717) is 5.70 Å². The third-order valence-electron chi connectivity index (χ3n) is 2.04. The molecule has 0 spiro atoms. The Kier molecular flexibility index (Phi) is 4.39. The van der Waals surface area contributed by atoms with Crippen LogP contribution in [-0.2, 0) is 9.53 Å². The maximum absolute atomic E-state index is 11.3. The second-order valence-corrected chi connectivity index (χ2v) is 3.05. The smallest absolute Gasteiger partial charge is 0.354 e. The van der Waals surface area contributed by atoms with Crippen LogP contribution in [0.5, 0.6) is 5.75 Å². The zero-order valence-electron chi connectivity index (χ0n) is 9.61. The molecular weight excluding hydrogens is 206 g/mol. The van der Waals surface area contributed by atoms with Gasteiger partial charge in [0, 0.05) is 11.8 Å². The van der Waals surface area contributed by atoms with E-state index >= 15 is 0 Å². The number of hydrogen-bond donors (Lipinski definition) is 1. The highest BCUT2D eigenvalue weighted by atomic mass is 16.5. The monoisotopic (exact) mass is 221 g/mol. The van der Waals surface area contributed by atoms with Crippen molar-refractivity contribution in [1.82, 2.24) is 0 Å². The van der Waals surface area contributed by atoms with Crippen LogP contribution in [0, 0.1) is 0 Å². The Morgan fingerprint density at radius 1 is 1.38 bits per heavy atom. The molecule has 4 nitrogen and oxygen atoms in total. The Hall–Kier alpha value is -1.97. The summed E-state index contributed by atoms with van der Waals surface area (Å²) in [4.78, 5) is 11.3. The zero-order chi connectivity index (χ0) is 12.0. The molecule has 0 heterocycles. The van der Waals surface area contributed by atoms with Crippen LogP contribution in [0.1, 0.15) is 6.92 Å². The number of benzene rings is 1. The van der Waals surface area contributed by atoms with Crippen molar-refractivity contribution in [3.05, 3.63) is 36.0 Å². The fourth-order valence-corrected chi connectivity index (χ4v) is 1.21. The molecule has 0 unspecified atom stereocenters. The fraction of sp³-hybridized carbons (Fsp3) is 0.250. The van der Waals surface area contributed by atoms with Crippen molar-refractivity contribution < 1.29 is 14.3 Å². The van der Waals surface area contributed by atoms with Crippen LogP contribution in [0.3, 0.4) is 0 Å². The number of anilines is 1. The summed E-state index contributed by atoms with van der Waals surface area (Å²) in [6.07, 6.45) is 1.66. The average Bonchev–Trinajstić information content (AvgIpc) is 2.35. The molecule has 1 N–H and O–H groups in total. The zero-order valence-corrected chi connectivity index (χ0v) is 9.61. The van der Waals surface area contributed by atoms with Crippen LogP contribution >= 0.6 is 0 Å². The van der Waals surface area contributed by atoms with Crippen LogP contribution in [0.4, 0.5) is 5.69 Å². The average molecular weight is 221 g/mol. The first-order valence-corrected chi connectivity index (χ1v) is 4.87. The lowest BCUT2D eigenvalue weighted by molar-refractivity contribution is -0.135. The lowest BCUT2D eigenvalue weighted by atomic mass is 10.3. The fourth-order valence-electron chi connectivity index (χ4n) is 1.21. The molecule has 86 valence electrons. The predicted octanol–water partition coefficient (Wildman–Crippen LogP) is 2.18. The van der Waals surface area contributed by atoms with Gasteiger partial charge in [0.1, 0.15) is 11.4 Å². The number of ether oxygens (including phenoxy) is 2. The van der Waals surface area contributed by atoms with Gasteiger partial charge in [-0.25, -0.2) is 4.79 Å². The first kappa shape index (κ1) is 12.1. The molecule has 1 aromatic carbocycles. The van der Waals surface area contributed by atoms with Crippen LogP contribution in [-0.4, -0.2) is 20.2 Å². The van der Waals surface area contributed by atoms with E-state index in [1.54, 1.807) is 26.2 Å². The summed E-state index contributed by atoms with van der Waals surface area (Å²) >= 11 is 0. The van der Waals surface area contributed by atoms with Crippen molar-refractivity contribution >= 4 is 11.7 Å². The van der Waals surface area contributed by atoms with Gasteiger partial charge in [-0.05, 0) is 19.1 Å². The summed E-state index contributed by atoms with van der Waals surface area (Å²) in [6, 6.07) is 7.31. The van der Waals surface area contributed by atoms with Crippen LogP contribution in [0.15, 0.2) is 36.0 Å². The molecule has 0 aliphatic rings. The van der Waals surface area contributed by atoms with Gasteiger partial charge in [0.05, 0.1) is 14.2 Å². The van der Waals surface area contributed by atoms with Crippen molar-refractivity contribution in [3.8, 4) is 5.75 Å². The molecule has 0 radical (unpaired) electrons. The molecule has 16 heavy (non-hydrogen) atoms. The highest BCUT2D eigenvalue weighted by Crippen LogP contribution is 2.18. The van der Waals surface area contributed by atoms with E-state index in [9.17, 15) is 4.79 Å². The van der Waals surface area contributed by atoms with Gasteiger partial charge in [-0.15, -0.1) is 0 Å². The van der Waals surface area contributed by atoms with E-state index in [1.165, 1.54) is 7.11 Å². The molecule has 0 bridgehead atoms. The van der Waals surface area contributed by atoms with Crippen LogP contribution in [0.25, 0.3) is 0 Å². The van der Waals surface area contributed by atoms with Crippen LogP contribution < -0.4 is 10.1 Å². The quantitative estimate of drug-likeness (QED) is 0.625. The summed E-state index contributed by atoms with van der Waals surface area (Å²) in [5, 5.41) is 2.96. The Bertz CT molecular complexity index is 399. The van der Waals surface area contributed by atoms with Crippen molar-refractivity contribution in [2.24, 2.45) is 0 Å². The molecule has 0 atom stereocenters.